The van der Waals surface area contributed by atoms with E-state index in [1.807, 2.05) is 58.9 Å². The van der Waals surface area contributed by atoms with Crippen LogP contribution >= 0.6 is 8.25 Å². The monoisotopic (exact) mass is 375 g/mol. The van der Waals surface area contributed by atoms with Gasteiger partial charge in [0, 0.05) is 4.57 Å². The largest absolute Gasteiger partial charge is 0.698 e. The zero-order chi connectivity index (χ0) is 16.4. The molecule has 6 nitrogen and oxygen atoms in total. The Bertz CT molecular complexity index is 305. The quantitative estimate of drug-likeness (QED) is 0.516. The van der Waals surface area contributed by atoms with Crippen LogP contribution in [0.4, 0.5) is 0 Å². The van der Waals surface area contributed by atoms with E-state index in [1.165, 1.54) is 0 Å². The number of hydrogen-bond donors (Lipinski definition) is 1. The molecule has 0 amide bonds. The number of rotatable bonds is 8. The molecule has 0 aliphatic rings. The first-order chi connectivity index (χ1) is 8.54. The van der Waals surface area contributed by atoms with Crippen molar-refractivity contribution in [3.63, 3.8) is 0 Å². The van der Waals surface area contributed by atoms with Gasteiger partial charge in [-0.25, -0.2) is 0 Å². The molecular formula is C9H28O6PSi4+. The summed E-state index contributed by atoms with van der Waals surface area (Å²) in [5, 5.41) is 0. The summed E-state index contributed by atoms with van der Waals surface area (Å²) in [6, 6.07) is 0. The third-order valence-corrected chi connectivity index (χ3v) is 13.4. The fourth-order valence-corrected chi connectivity index (χ4v) is 14.2. The van der Waals surface area contributed by atoms with E-state index in [2.05, 4.69) is 0 Å². The average molecular weight is 376 g/mol. The summed E-state index contributed by atoms with van der Waals surface area (Å²) in [7, 11) is -12.7. The predicted molar refractivity (Wildman–Crippen MR) is 90.0 cm³/mol. The average Bonchev–Trinajstić information content (AvgIpc) is 1.86. The van der Waals surface area contributed by atoms with Gasteiger partial charge in [0.25, 0.3) is 0 Å². The van der Waals surface area contributed by atoms with Crippen molar-refractivity contribution in [3.8, 4) is 0 Å². The van der Waals surface area contributed by atoms with E-state index in [-0.39, 0.29) is 0 Å². The summed E-state index contributed by atoms with van der Waals surface area (Å²) in [6.07, 6.45) is 0. The molecule has 0 rings (SSSR count). The number of hydrogen-bond acceptors (Lipinski definition) is 5. The second-order valence-electron chi connectivity index (χ2n) is 7.47. The Balaban J connectivity index is 5.56. The lowest BCUT2D eigenvalue weighted by Gasteiger charge is -2.37. The van der Waals surface area contributed by atoms with Gasteiger partial charge < -0.3 is 12.3 Å². The van der Waals surface area contributed by atoms with Gasteiger partial charge >= 0.3 is 17.3 Å². The van der Waals surface area contributed by atoms with Crippen LogP contribution in [0, 0.1) is 0 Å². The highest BCUT2D eigenvalue weighted by Crippen LogP contribution is 2.33. The van der Waals surface area contributed by atoms with E-state index in [0.29, 0.717) is 0 Å². The van der Waals surface area contributed by atoms with E-state index in [4.69, 9.17) is 16.6 Å². The molecule has 0 aromatic rings. The fourth-order valence-electron chi connectivity index (χ4n) is 1.34. The molecule has 120 valence electrons. The maximum atomic E-state index is 11.2. The molecule has 0 fully saturated rings. The standard InChI is InChI=1S/C9H27O6PSi4/c1-17(2,3)13-20(12-16(10)11,14-18(4,5)6)15-19(7,8)9/h1-9H3/p+1. The molecule has 0 saturated heterocycles. The minimum Gasteiger partial charge on any atom is -0.393 e. The Morgan fingerprint density at radius 3 is 1.10 bits per heavy atom. The lowest BCUT2D eigenvalue weighted by Crippen LogP contribution is -2.61. The Kier molecular flexibility index (Phi) is 7.16. The first-order valence-electron chi connectivity index (χ1n) is 6.49. The van der Waals surface area contributed by atoms with Gasteiger partial charge in [0.1, 0.15) is 0 Å². The molecule has 0 aliphatic heterocycles. The maximum absolute atomic E-state index is 11.2. The summed E-state index contributed by atoms with van der Waals surface area (Å²) in [5.41, 5.74) is 0. The molecule has 0 aromatic carbocycles. The molecule has 0 radical (unpaired) electrons. The highest BCUT2D eigenvalue weighted by Gasteiger charge is 2.60. The molecule has 1 atom stereocenters. The molecule has 1 unspecified atom stereocenters. The predicted octanol–water partition coefficient (Wildman–Crippen LogP) is 3.64. The van der Waals surface area contributed by atoms with Crippen molar-refractivity contribution < 1.29 is 26.0 Å². The third kappa shape index (κ3) is 10.5. The summed E-state index contributed by atoms with van der Waals surface area (Å²) in [5.74, 6) is 0. The van der Waals surface area contributed by atoms with Gasteiger partial charge in [-0.1, -0.05) is 4.21 Å². The fraction of sp³-hybridized carbons (Fsp3) is 1.00. The molecule has 1 N–H and O–H groups in total. The lowest BCUT2D eigenvalue weighted by molar-refractivity contribution is 0.149. The van der Waals surface area contributed by atoms with Crippen LogP contribution in [-0.2, 0) is 21.1 Å². The molecule has 20 heavy (non-hydrogen) atoms. The second-order valence-corrected chi connectivity index (χ2v) is 24.8. The molecule has 0 spiro atoms. The second kappa shape index (κ2) is 6.90. The van der Waals surface area contributed by atoms with Crippen LogP contribution in [0.2, 0.25) is 58.9 Å². The first kappa shape index (κ1) is 20.8. The van der Waals surface area contributed by atoms with Crippen molar-refractivity contribution >= 4 is 42.3 Å². The van der Waals surface area contributed by atoms with Crippen LogP contribution in [0.25, 0.3) is 0 Å². The van der Waals surface area contributed by atoms with E-state index in [0.717, 1.165) is 0 Å². The van der Waals surface area contributed by atoms with Gasteiger partial charge in [0.2, 0.25) is 0 Å². The highest BCUT2D eigenvalue weighted by atomic mass is 31.1. The summed E-state index contributed by atoms with van der Waals surface area (Å²) >= 11 is 0. The van der Waals surface area contributed by atoms with Crippen molar-refractivity contribution in [1.82, 2.24) is 0 Å². The molecule has 0 saturated carbocycles. The maximum Gasteiger partial charge on any atom is 0.698 e. The summed E-state index contributed by atoms with van der Waals surface area (Å²) in [4.78, 5) is 9.21. The van der Waals surface area contributed by atoms with E-state index < -0.39 is 42.3 Å². The van der Waals surface area contributed by atoms with Crippen molar-refractivity contribution in [1.29, 1.82) is 0 Å². The summed E-state index contributed by atoms with van der Waals surface area (Å²) < 4.78 is 34.5. The topological polar surface area (TPSA) is 74.2 Å². The Morgan fingerprint density at radius 2 is 0.950 bits per heavy atom. The van der Waals surface area contributed by atoms with Gasteiger partial charge in [-0.05, 0) is 58.9 Å². The molecule has 0 heterocycles. The van der Waals surface area contributed by atoms with Crippen LogP contribution in [0.1, 0.15) is 0 Å². The van der Waals surface area contributed by atoms with Crippen LogP contribution in [0.5, 0.6) is 0 Å². The Hall–Kier alpha value is 0.768. The minimum absolute atomic E-state index is 1.98. The van der Waals surface area contributed by atoms with Crippen molar-refractivity contribution in [2.24, 2.45) is 0 Å². The Morgan fingerprint density at radius 1 is 0.700 bits per heavy atom. The van der Waals surface area contributed by atoms with E-state index in [9.17, 15) is 9.46 Å². The first-order valence-corrected chi connectivity index (χ1v) is 19.5. The van der Waals surface area contributed by atoms with Gasteiger partial charge in [-0.3, -0.25) is 0 Å². The van der Waals surface area contributed by atoms with Gasteiger partial charge in [0.05, 0.1) is 0 Å². The van der Waals surface area contributed by atoms with Gasteiger partial charge in [-0.2, -0.15) is 0 Å². The smallest absolute Gasteiger partial charge is 0.393 e. The van der Waals surface area contributed by atoms with Gasteiger partial charge in [-0.15, -0.1) is 4.89 Å². The SMILES string of the molecule is C[Si](C)(C)O[Si](O[P+](=O)O)(O[Si](C)(C)C)O[Si](C)(C)C. The zero-order valence-corrected chi connectivity index (χ0v) is 18.8. The van der Waals surface area contributed by atoms with Crippen LogP contribution in [-0.4, -0.2) is 38.9 Å². The molecule has 0 bridgehead atoms. The normalized spacial score (nSPS) is 15.4. The zero-order valence-electron chi connectivity index (χ0n) is 13.9. The van der Waals surface area contributed by atoms with Crippen molar-refractivity contribution in [2.45, 2.75) is 58.9 Å². The molecule has 0 aromatic heterocycles. The van der Waals surface area contributed by atoms with Gasteiger partial charge in [0.15, 0.2) is 25.0 Å². The highest BCUT2D eigenvalue weighted by molar-refractivity contribution is 7.34. The van der Waals surface area contributed by atoms with E-state index in [1.54, 1.807) is 0 Å². The molecular weight excluding hydrogens is 347 g/mol. The van der Waals surface area contributed by atoms with Crippen molar-refractivity contribution in [2.75, 3.05) is 0 Å². The van der Waals surface area contributed by atoms with Crippen molar-refractivity contribution in [3.05, 3.63) is 0 Å². The third-order valence-electron chi connectivity index (χ3n) is 1.48. The molecule has 0 aliphatic carbocycles. The summed E-state index contributed by atoms with van der Waals surface area (Å²) in [6.45, 7) is 17.8. The minimum atomic E-state index is -3.61. The van der Waals surface area contributed by atoms with Crippen LogP contribution in [0.3, 0.4) is 0 Å². The van der Waals surface area contributed by atoms with E-state index >= 15 is 0 Å². The van der Waals surface area contributed by atoms with Crippen LogP contribution < -0.4 is 0 Å². The molecule has 11 heteroatoms. The van der Waals surface area contributed by atoms with Crippen LogP contribution in [0.15, 0.2) is 0 Å². The Labute approximate surface area is 127 Å². The lowest BCUT2D eigenvalue weighted by atomic mass is 11.8.